The van der Waals surface area contributed by atoms with Gasteiger partial charge in [-0.2, -0.15) is 10.4 Å². The number of rotatable bonds is 2. The van der Waals surface area contributed by atoms with Gasteiger partial charge in [0.05, 0.1) is 18.4 Å². The number of imidazole rings is 1. The lowest BCUT2D eigenvalue weighted by Crippen LogP contribution is -2.13. The number of hydrogen-bond donors (Lipinski definition) is 1. The normalized spacial score (nSPS) is 9.88. The van der Waals surface area contributed by atoms with Crippen molar-refractivity contribution in [1.29, 1.82) is 5.26 Å². The van der Waals surface area contributed by atoms with Crippen LogP contribution in [0.1, 0.15) is 12.5 Å². The summed E-state index contributed by atoms with van der Waals surface area (Å²) in [7, 11) is 0. The van der Waals surface area contributed by atoms with E-state index in [0.29, 0.717) is 17.0 Å². The average molecular weight is 231 g/mol. The Morgan fingerprint density at radius 2 is 2.53 bits per heavy atom. The van der Waals surface area contributed by atoms with E-state index in [9.17, 15) is 4.79 Å². The summed E-state index contributed by atoms with van der Waals surface area (Å²) in [4.78, 5) is 15.2. The maximum Gasteiger partial charge on any atom is 0.412 e. The van der Waals surface area contributed by atoms with Gasteiger partial charge in [-0.25, -0.2) is 14.3 Å². The molecule has 2 rings (SSSR count). The number of amides is 1. The fourth-order valence-electron chi connectivity index (χ4n) is 1.32. The maximum absolute atomic E-state index is 11.2. The lowest BCUT2D eigenvalue weighted by atomic mass is 10.3. The van der Waals surface area contributed by atoms with Gasteiger partial charge in [-0.15, -0.1) is 0 Å². The van der Waals surface area contributed by atoms with Gasteiger partial charge in [-0.05, 0) is 13.0 Å². The van der Waals surface area contributed by atoms with Gasteiger partial charge in [0.2, 0.25) is 0 Å². The maximum atomic E-state index is 11.2. The highest BCUT2D eigenvalue weighted by molar-refractivity contribution is 5.83. The Hall–Kier alpha value is -2.62. The Balaban J connectivity index is 2.32. The van der Waals surface area contributed by atoms with Crippen LogP contribution in [0.5, 0.6) is 0 Å². The monoisotopic (exact) mass is 231 g/mol. The predicted molar refractivity (Wildman–Crippen MR) is 58.3 cm³/mol. The molecule has 0 radical (unpaired) electrons. The molecule has 17 heavy (non-hydrogen) atoms. The third-order valence-electron chi connectivity index (χ3n) is 1.99. The molecule has 0 aliphatic heterocycles. The van der Waals surface area contributed by atoms with Gasteiger partial charge in [0.25, 0.3) is 0 Å². The molecule has 0 spiro atoms. The molecule has 2 aromatic rings. The number of carbonyl (C=O) groups excluding carboxylic acids is 1. The van der Waals surface area contributed by atoms with Crippen molar-refractivity contribution in [3.8, 4) is 6.07 Å². The van der Waals surface area contributed by atoms with Crippen molar-refractivity contribution >= 4 is 17.6 Å². The van der Waals surface area contributed by atoms with Crippen molar-refractivity contribution in [2.75, 3.05) is 11.9 Å². The molecule has 7 nitrogen and oxygen atoms in total. The average Bonchev–Trinajstić information content (AvgIpc) is 2.70. The molecule has 0 saturated heterocycles. The first kappa shape index (κ1) is 10.9. The zero-order valence-electron chi connectivity index (χ0n) is 9.04. The fraction of sp³-hybridized carbons (Fsp3) is 0.200. The van der Waals surface area contributed by atoms with Crippen molar-refractivity contribution in [3.63, 3.8) is 0 Å². The fourth-order valence-corrected chi connectivity index (χ4v) is 1.32. The molecular formula is C10H9N5O2. The predicted octanol–water partition coefficient (Wildman–Crippen LogP) is 1.17. The van der Waals surface area contributed by atoms with E-state index in [4.69, 9.17) is 10.00 Å². The van der Waals surface area contributed by atoms with Gasteiger partial charge in [0, 0.05) is 6.20 Å². The Labute approximate surface area is 96.6 Å². The quantitative estimate of drug-likeness (QED) is 0.837. The number of carbonyl (C=O) groups is 1. The third kappa shape index (κ3) is 2.15. The summed E-state index contributed by atoms with van der Waals surface area (Å²) in [5.41, 5.74) is 0.777. The molecule has 7 heteroatoms. The van der Waals surface area contributed by atoms with Gasteiger partial charge < -0.3 is 4.74 Å². The summed E-state index contributed by atoms with van der Waals surface area (Å²) in [6, 6.07) is 3.55. The SMILES string of the molecule is CCOC(=O)Nc1cn2nccc(C#N)c2n1. The molecule has 2 aromatic heterocycles. The first-order valence-electron chi connectivity index (χ1n) is 4.93. The second-order valence-corrected chi connectivity index (χ2v) is 3.10. The number of nitrogens with one attached hydrogen (secondary N) is 1. The van der Waals surface area contributed by atoms with Crippen LogP contribution in [0.4, 0.5) is 10.6 Å². The standard InChI is InChI=1S/C10H9N5O2/c1-2-17-10(16)14-8-6-15-9(13-8)7(5-11)3-4-12-15/h3-4,6H,2H2,1H3,(H,14,16). The minimum Gasteiger partial charge on any atom is -0.450 e. The summed E-state index contributed by atoms with van der Waals surface area (Å²) < 4.78 is 6.13. The molecule has 0 atom stereocenters. The number of hydrogen-bond acceptors (Lipinski definition) is 5. The van der Waals surface area contributed by atoms with Crippen LogP contribution in [0, 0.1) is 11.3 Å². The highest BCUT2D eigenvalue weighted by Gasteiger charge is 2.09. The molecule has 0 aromatic carbocycles. The minimum atomic E-state index is -0.589. The van der Waals surface area contributed by atoms with Crippen LogP contribution >= 0.6 is 0 Å². The van der Waals surface area contributed by atoms with Crippen LogP contribution in [0.25, 0.3) is 5.65 Å². The zero-order chi connectivity index (χ0) is 12.3. The second kappa shape index (κ2) is 4.49. The lowest BCUT2D eigenvalue weighted by Gasteiger charge is -1.99. The number of nitriles is 1. The molecule has 0 aliphatic carbocycles. The summed E-state index contributed by atoms with van der Waals surface area (Å²) in [6.45, 7) is 1.99. The van der Waals surface area contributed by atoms with Gasteiger partial charge >= 0.3 is 6.09 Å². The zero-order valence-corrected chi connectivity index (χ0v) is 9.04. The van der Waals surface area contributed by atoms with Gasteiger partial charge in [-0.1, -0.05) is 0 Å². The van der Waals surface area contributed by atoms with E-state index >= 15 is 0 Å². The molecule has 86 valence electrons. The topological polar surface area (TPSA) is 92.3 Å². The Kier molecular flexibility index (Phi) is 2.87. The molecule has 0 fully saturated rings. The highest BCUT2D eigenvalue weighted by Crippen LogP contribution is 2.11. The number of aromatic nitrogens is 3. The molecule has 1 amide bonds. The second-order valence-electron chi connectivity index (χ2n) is 3.10. The van der Waals surface area contributed by atoms with Gasteiger partial charge in [-0.3, -0.25) is 5.32 Å². The number of anilines is 1. The Morgan fingerprint density at radius 1 is 1.71 bits per heavy atom. The van der Waals surface area contributed by atoms with Crippen LogP contribution in [-0.4, -0.2) is 27.3 Å². The number of ether oxygens (including phenoxy) is 1. The largest absolute Gasteiger partial charge is 0.450 e. The summed E-state index contributed by atoms with van der Waals surface area (Å²) in [6.07, 6.45) is 2.41. The summed E-state index contributed by atoms with van der Waals surface area (Å²) in [5.74, 6) is 0.290. The summed E-state index contributed by atoms with van der Waals surface area (Å²) in [5, 5.41) is 15.3. The van der Waals surface area contributed by atoms with E-state index in [1.165, 1.54) is 16.9 Å². The molecule has 2 heterocycles. The van der Waals surface area contributed by atoms with Crippen molar-refractivity contribution in [1.82, 2.24) is 14.6 Å². The van der Waals surface area contributed by atoms with Crippen molar-refractivity contribution in [2.24, 2.45) is 0 Å². The van der Waals surface area contributed by atoms with E-state index in [1.54, 1.807) is 13.0 Å². The van der Waals surface area contributed by atoms with E-state index in [-0.39, 0.29) is 6.61 Å². The molecule has 0 bridgehead atoms. The van der Waals surface area contributed by atoms with Crippen molar-refractivity contribution < 1.29 is 9.53 Å². The van der Waals surface area contributed by atoms with Crippen LogP contribution in [0.3, 0.4) is 0 Å². The van der Waals surface area contributed by atoms with Crippen LogP contribution in [-0.2, 0) is 4.74 Å². The van der Waals surface area contributed by atoms with Crippen molar-refractivity contribution in [2.45, 2.75) is 6.92 Å². The molecule has 0 saturated carbocycles. The molecular weight excluding hydrogens is 222 g/mol. The van der Waals surface area contributed by atoms with Gasteiger partial charge in [0.1, 0.15) is 6.07 Å². The molecule has 0 unspecified atom stereocenters. The van der Waals surface area contributed by atoms with Crippen molar-refractivity contribution in [3.05, 3.63) is 24.0 Å². The minimum absolute atomic E-state index is 0.279. The van der Waals surface area contributed by atoms with Crippen LogP contribution < -0.4 is 5.32 Å². The van der Waals surface area contributed by atoms with Gasteiger partial charge in [0.15, 0.2) is 11.5 Å². The number of fused-ring (bicyclic) bond motifs is 1. The first-order valence-corrected chi connectivity index (χ1v) is 4.93. The molecule has 1 N–H and O–H groups in total. The third-order valence-corrected chi connectivity index (χ3v) is 1.99. The highest BCUT2D eigenvalue weighted by atomic mass is 16.5. The number of nitrogens with zero attached hydrogens (tertiary/aromatic N) is 4. The smallest absolute Gasteiger partial charge is 0.412 e. The van der Waals surface area contributed by atoms with E-state index in [0.717, 1.165) is 0 Å². The van der Waals surface area contributed by atoms with Crippen LogP contribution in [0.2, 0.25) is 0 Å². The lowest BCUT2D eigenvalue weighted by molar-refractivity contribution is 0.168. The van der Waals surface area contributed by atoms with Crippen LogP contribution in [0.15, 0.2) is 18.5 Å². The summed E-state index contributed by atoms with van der Waals surface area (Å²) >= 11 is 0. The van der Waals surface area contributed by atoms with E-state index in [2.05, 4.69) is 15.4 Å². The van der Waals surface area contributed by atoms with E-state index < -0.39 is 6.09 Å². The van der Waals surface area contributed by atoms with E-state index in [1.807, 2.05) is 6.07 Å². The Bertz CT molecular complexity index is 598. The first-order chi connectivity index (χ1) is 8.24. The Morgan fingerprint density at radius 3 is 3.24 bits per heavy atom. The molecule has 0 aliphatic rings.